The third-order valence-electron chi connectivity index (χ3n) is 5.54. The van der Waals surface area contributed by atoms with E-state index in [2.05, 4.69) is 22.2 Å². The minimum Gasteiger partial charge on any atom is -0.445 e. The molecule has 4 aromatic rings. The third kappa shape index (κ3) is 7.11. The van der Waals surface area contributed by atoms with Crippen molar-refractivity contribution in [2.75, 3.05) is 6.26 Å². The van der Waals surface area contributed by atoms with Gasteiger partial charge in [-0.2, -0.15) is 24.9 Å². The topological polar surface area (TPSA) is 66.0 Å². The summed E-state index contributed by atoms with van der Waals surface area (Å²) in [6.07, 6.45) is 5.06. The fourth-order valence-corrected chi connectivity index (χ4v) is 4.16. The van der Waals surface area contributed by atoms with E-state index in [1.807, 2.05) is 42.8 Å². The average Bonchev–Trinajstić information content (AvgIpc) is 3.56. The Hall–Kier alpha value is -3.37. The smallest absolute Gasteiger partial charge is 0.416 e. The second-order valence-corrected chi connectivity index (χ2v) is 9.22. The van der Waals surface area contributed by atoms with Crippen LogP contribution in [0, 0.1) is 0 Å². The van der Waals surface area contributed by atoms with E-state index in [1.165, 1.54) is 18.4 Å². The summed E-state index contributed by atoms with van der Waals surface area (Å²) in [7, 11) is 0. The van der Waals surface area contributed by atoms with Crippen LogP contribution in [0.5, 0.6) is 0 Å². The molecule has 0 fully saturated rings. The minimum absolute atomic E-state index is 0.314. The van der Waals surface area contributed by atoms with Gasteiger partial charge < -0.3 is 9.15 Å². The van der Waals surface area contributed by atoms with E-state index in [1.54, 1.807) is 28.6 Å². The molecule has 0 saturated carbocycles. The van der Waals surface area contributed by atoms with Gasteiger partial charge in [0, 0.05) is 11.8 Å². The highest BCUT2D eigenvalue weighted by atomic mass is 32.2. The fourth-order valence-electron chi connectivity index (χ4n) is 3.73. The van der Waals surface area contributed by atoms with Crippen LogP contribution < -0.4 is 0 Å². The number of nitrogens with zero attached hydrogens (tertiary/aromatic N) is 4. The van der Waals surface area contributed by atoms with Crippen molar-refractivity contribution in [2.24, 2.45) is 0 Å². The number of hydrogen-bond acceptors (Lipinski definition) is 6. The van der Waals surface area contributed by atoms with Crippen molar-refractivity contribution in [3.05, 3.63) is 101 Å². The lowest BCUT2D eigenvalue weighted by molar-refractivity contribution is -0.137. The third-order valence-corrected chi connectivity index (χ3v) is 6.13. The van der Waals surface area contributed by atoms with Crippen molar-refractivity contribution >= 4 is 23.9 Å². The summed E-state index contributed by atoms with van der Waals surface area (Å²) in [5.74, 6) is 1.08. The molecule has 0 saturated heterocycles. The Kier molecular flexibility index (Phi) is 8.83. The maximum atomic E-state index is 12.8. The maximum absolute atomic E-state index is 12.8. The zero-order chi connectivity index (χ0) is 26.3. The van der Waals surface area contributed by atoms with Crippen LogP contribution in [0.2, 0.25) is 0 Å². The highest BCUT2D eigenvalue weighted by Crippen LogP contribution is 2.32. The average molecular weight is 529 g/mol. The van der Waals surface area contributed by atoms with Crippen molar-refractivity contribution in [1.29, 1.82) is 0 Å². The lowest BCUT2D eigenvalue weighted by Gasteiger charge is -2.23. The van der Waals surface area contributed by atoms with Gasteiger partial charge in [0.05, 0.1) is 17.5 Å². The molecule has 0 N–H and O–H groups in total. The molecule has 2 unspecified atom stereocenters. The van der Waals surface area contributed by atoms with Gasteiger partial charge in [0.15, 0.2) is 6.23 Å². The van der Waals surface area contributed by atoms with Crippen molar-refractivity contribution in [1.82, 2.24) is 20.0 Å². The first kappa shape index (κ1) is 26.7. The van der Waals surface area contributed by atoms with E-state index < -0.39 is 17.8 Å². The van der Waals surface area contributed by atoms with Gasteiger partial charge in [-0.05, 0) is 42.0 Å². The summed E-state index contributed by atoms with van der Waals surface area (Å²) in [4.78, 5) is 4.59. The Morgan fingerprint density at radius 3 is 2.51 bits per heavy atom. The van der Waals surface area contributed by atoms with E-state index in [0.29, 0.717) is 17.1 Å². The molecule has 10 heteroatoms. The molecule has 4 rings (SSSR count). The lowest BCUT2D eigenvalue weighted by atomic mass is 10.1. The van der Waals surface area contributed by atoms with Crippen LogP contribution in [0.25, 0.3) is 12.2 Å². The Bertz CT molecular complexity index is 1290. The van der Waals surface area contributed by atoms with Crippen LogP contribution in [0.1, 0.15) is 66.1 Å². The summed E-state index contributed by atoms with van der Waals surface area (Å²) in [6.45, 7) is 2.08. The van der Waals surface area contributed by atoms with Crippen LogP contribution in [0.3, 0.4) is 0 Å². The highest BCUT2D eigenvalue weighted by molar-refractivity contribution is 7.97. The van der Waals surface area contributed by atoms with E-state index in [0.717, 1.165) is 42.0 Å². The van der Waals surface area contributed by atoms with Crippen LogP contribution in [0.15, 0.2) is 71.5 Å². The number of aromatic nitrogens is 4. The number of thioether (sulfide) groups is 1. The molecule has 0 aliphatic rings. The molecule has 0 amide bonds. The van der Waals surface area contributed by atoms with Gasteiger partial charge in [-0.3, -0.25) is 0 Å². The number of benzene rings is 2. The van der Waals surface area contributed by atoms with Gasteiger partial charge in [-0.25, -0.2) is 9.67 Å². The molecular weight excluding hydrogens is 501 g/mol. The quantitative estimate of drug-likeness (QED) is 0.202. The normalized spacial score (nSPS) is 13.8. The Balaban J connectivity index is 1.57. The van der Waals surface area contributed by atoms with Gasteiger partial charge in [0.2, 0.25) is 5.89 Å². The number of oxazole rings is 1. The molecule has 0 radical (unpaired) electrons. The van der Waals surface area contributed by atoms with Crippen LogP contribution >= 0.6 is 11.8 Å². The maximum Gasteiger partial charge on any atom is 0.416 e. The summed E-state index contributed by atoms with van der Waals surface area (Å²) in [5.41, 5.74) is 2.26. The highest BCUT2D eigenvalue weighted by Gasteiger charge is 2.30. The number of alkyl halides is 3. The number of rotatable bonds is 11. The minimum atomic E-state index is -4.37. The fraction of sp³-hybridized carbons (Fsp3) is 0.296. The Morgan fingerprint density at radius 1 is 1.08 bits per heavy atom. The zero-order valence-electron chi connectivity index (χ0n) is 20.4. The predicted octanol–water partition coefficient (Wildman–Crippen LogP) is 7.42. The zero-order valence-corrected chi connectivity index (χ0v) is 21.2. The van der Waals surface area contributed by atoms with Gasteiger partial charge in [0.25, 0.3) is 0 Å². The van der Waals surface area contributed by atoms with E-state index in [4.69, 9.17) is 9.15 Å². The molecule has 37 heavy (non-hydrogen) atoms. The summed E-state index contributed by atoms with van der Waals surface area (Å²) < 4.78 is 52.4. The van der Waals surface area contributed by atoms with Gasteiger partial charge in [-0.1, -0.05) is 61.0 Å². The first-order valence-corrected chi connectivity index (χ1v) is 13.2. The predicted molar refractivity (Wildman–Crippen MR) is 137 cm³/mol. The molecule has 194 valence electrons. The van der Waals surface area contributed by atoms with Crippen molar-refractivity contribution in [3.63, 3.8) is 0 Å². The second kappa shape index (κ2) is 12.2. The number of hydrogen-bond donors (Lipinski definition) is 0. The Labute approximate surface area is 217 Å². The molecule has 2 atom stereocenters. The van der Waals surface area contributed by atoms with Gasteiger partial charge in [0.1, 0.15) is 18.1 Å². The molecule has 2 aromatic carbocycles. The first-order chi connectivity index (χ1) is 17.9. The van der Waals surface area contributed by atoms with Crippen LogP contribution in [-0.2, 0) is 16.7 Å². The van der Waals surface area contributed by atoms with E-state index in [-0.39, 0.29) is 6.23 Å². The van der Waals surface area contributed by atoms with E-state index in [9.17, 15) is 13.2 Å². The van der Waals surface area contributed by atoms with Crippen LogP contribution in [0.4, 0.5) is 13.2 Å². The number of ether oxygens (including phenoxy) is 1. The van der Waals surface area contributed by atoms with Crippen LogP contribution in [-0.4, -0.2) is 26.2 Å². The Morgan fingerprint density at radius 2 is 1.84 bits per heavy atom. The first-order valence-electron chi connectivity index (χ1n) is 11.8. The van der Waals surface area contributed by atoms with Gasteiger partial charge >= 0.3 is 6.18 Å². The summed E-state index contributed by atoms with van der Waals surface area (Å²) in [6, 6.07) is 14.6. The SMILES string of the molecule is CCCC(OC(c1ccccc1)c1coc(C=Cc2ccc(C(F)(F)F)cc2)n1)n1cc(CSC)nn1. The number of halogens is 3. The summed E-state index contributed by atoms with van der Waals surface area (Å²) in [5, 5.41) is 8.53. The second-order valence-electron chi connectivity index (χ2n) is 8.36. The van der Waals surface area contributed by atoms with E-state index >= 15 is 0 Å². The van der Waals surface area contributed by atoms with Crippen molar-refractivity contribution < 1.29 is 22.3 Å². The molecule has 0 aliphatic carbocycles. The van der Waals surface area contributed by atoms with Crippen molar-refractivity contribution in [2.45, 2.75) is 44.0 Å². The molecule has 2 heterocycles. The molecule has 6 nitrogen and oxygen atoms in total. The molecule has 0 spiro atoms. The molecule has 0 bridgehead atoms. The lowest BCUT2D eigenvalue weighted by Crippen LogP contribution is -2.18. The molecule has 2 aromatic heterocycles. The van der Waals surface area contributed by atoms with Gasteiger partial charge in [-0.15, -0.1) is 5.10 Å². The standard InChI is InChI=1S/C27H27F3N4O2S/c1-3-7-25(34-16-22(18-37-2)32-33-34)36-26(20-8-5-4-6-9-20)23-17-35-24(31-23)15-12-19-10-13-21(14-11-19)27(28,29)30/h4-6,8-17,25-26H,3,7,18H2,1-2H3. The van der Waals surface area contributed by atoms with Crippen molar-refractivity contribution in [3.8, 4) is 0 Å². The monoisotopic (exact) mass is 528 g/mol. The molecular formula is C27H27F3N4O2S. The largest absolute Gasteiger partial charge is 0.445 e. The molecule has 0 aliphatic heterocycles. The summed E-state index contributed by atoms with van der Waals surface area (Å²) >= 11 is 1.67.